The van der Waals surface area contributed by atoms with Crippen LogP contribution in [0.2, 0.25) is 0 Å². The number of nitrogens with one attached hydrogen (secondary N) is 2. The van der Waals surface area contributed by atoms with Crippen LogP contribution < -0.4 is 10.6 Å². The van der Waals surface area contributed by atoms with Gasteiger partial charge in [0.05, 0.1) is 22.5 Å². The van der Waals surface area contributed by atoms with Gasteiger partial charge >= 0.3 is 11.9 Å². The molecule has 3 rings (SSSR count). The molecular weight excluding hydrogens is 464 g/mol. The maximum absolute atomic E-state index is 12.1. The fraction of sp³-hybridized carbons (Fsp3) is 0.154. The summed E-state index contributed by atoms with van der Waals surface area (Å²) in [5, 5.41) is 25.4. The van der Waals surface area contributed by atoms with Crippen molar-refractivity contribution in [3.05, 3.63) is 82.9 Å². The van der Waals surface area contributed by atoms with Gasteiger partial charge in [-0.1, -0.05) is 0 Å². The molecule has 10 heteroatoms. The van der Waals surface area contributed by atoms with Crippen LogP contribution in [0.5, 0.6) is 0 Å². The number of benzene rings is 3. The summed E-state index contributed by atoms with van der Waals surface area (Å²) in [5.74, 6) is -2.89. The van der Waals surface area contributed by atoms with Crippen molar-refractivity contribution in [2.45, 2.75) is 0 Å². The fourth-order valence-corrected chi connectivity index (χ4v) is 3.38. The van der Waals surface area contributed by atoms with Gasteiger partial charge in [-0.25, -0.2) is 9.59 Å². The summed E-state index contributed by atoms with van der Waals surface area (Å²) in [6.45, 7) is 0. The SMILES string of the molecule is CN(C)C(=O)c1ccc(Nc2cc(C(=O)O)c(Nc3ccc(C(=O)N(C)C)cc3)cc2C(=O)O)cc1. The van der Waals surface area contributed by atoms with Crippen molar-refractivity contribution in [1.29, 1.82) is 0 Å². The predicted molar refractivity (Wildman–Crippen MR) is 136 cm³/mol. The molecule has 3 aromatic carbocycles. The van der Waals surface area contributed by atoms with E-state index in [1.165, 1.54) is 21.9 Å². The molecule has 0 atom stereocenters. The molecule has 10 nitrogen and oxygen atoms in total. The average molecular weight is 491 g/mol. The quantitative estimate of drug-likeness (QED) is 0.372. The van der Waals surface area contributed by atoms with E-state index in [4.69, 9.17) is 0 Å². The molecule has 2 amide bonds. The molecule has 0 aromatic heterocycles. The van der Waals surface area contributed by atoms with Crippen LogP contribution in [0, 0.1) is 0 Å². The Bertz CT molecular complexity index is 1210. The lowest BCUT2D eigenvalue weighted by atomic mass is 10.0. The highest BCUT2D eigenvalue weighted by Crippen LogP contribution is 2.31. The molecule has 0 bridgehead atoms. The van der Waals surface area contributed by atoms with Gasteiger partial charge in [-0.15, -0.1) is 0 Å². The second kappa shape index (κ2) is 10.6. The summed E-state index contributed by atoms with van der Waals surface area (Å²) in [7, 11) is 6.53. The number of hydrogen-bond acceptors (Lipinski definition) is 6. The van der Waals surface area contributed by atoms with Gasteiger partial charge in [-0.3, -0.25) is 9.59 Å². The van der Waals surface area contributed by atoms with Crippen LogP contribution in [0.1, 0.15) is 41.4 Å². The minimum atomic E-state index is -1.26. The van der Waals surface area contributed by atoms with Crippen molar-refractivity contribution in [2.75, 3.05) is 38.8 Å². The second-order valence-corrected chi connectivity index (χ2v) is 8.36. The summed E-state index contributed by atoms with van der Waals surface area (Å²) in [6, 6.07) is 15.2. The second-order valence-electron chi connectivity index (χ2n) is 8.36. The lowest BCUT2D eigenvalue weighted by Gasteiger charge is -2.16. The summed E-state index contributed by atoms with van der Waals surface area (Å²) in [5.41, 5.74) is 1.69. The molecule has 0 fully saturated rings. The molecule has 0 aliphatic carbocycles. The topological polar surface area (TPSA) is 139 Å². The maximum Gasteiger partial charge on any atom is 0.337 e. The first-order valence-electron chi connectivity index (χ1n) is 10.8. The third-order valence-electron chi connectivity index (χ3n) is 5.25. The number of carbonyl (C=O) groups excluding carboxylic acids is 2. The van der Waals surface area contributed by atoms with Crippen LogP contribution in [0.4, 0.5) is 22.7 Å². The van der Waals surface area contributed by atoms with E-state index in [1.54, 1.807) is 76.7 Å². The zero-order valence-electron chi connectivity index (χ0n) is 20.2. The van der Waals surface area contributed by atoms with E-state index in [-0.39, 0.29) is 34.3 Å². The number of anilines is 4. The molecule has 3 aromatic rings. The zero-order valence-corrected chi connectivity index (χ0v) is 20.2. The van der Waals surface area contributed by atoms with Gasteiger partial charge < -0.3 is 30.6 Å². The molecule has 0 aliphatic heterocycles. The van der Waals surface area contributed by atoms with Crippen molar-refractivity contribution in [3.63, 3.8) is 0 Å². The summed E-state index contributed by atoms with van der Waals surface area (Å²) in [6.07, 6.45) is 0. The number of amides is 2. The van der Waals surface area contributed by atoms with E-state index in [1.807, 2.05) is 0 Å². The predicted octanol–water partition coefficient (Wildman–Crippen LogP) is 3.97. The summed E-state index contributed by atoms with van der Waals surface area (Å²) >= 11 is 0. The molecule has 0 heterocycles. The Morgan fingerprint density at radius 2 is 0.889 bits per heavy atom. The molecule has 0 saturated heterocycles. The lowest BCUT2D eigenvalue weighted by molar-refractivity contribution is 0.0683. The minimum Gasteiger partial charge on any atom is -0.478 e. The number of carbonyl (C=O) groups is 4. The zero-order chi connectivity index (χ0) is 26.6. The first-order valence-corrected chi connectivity index (χ1v) is 10.8. The molecule has 0 unspecified atom stereocenters. The van der Waals surface area contributed by atoms with Crippen molar-refractivity contribution < 1.29 is 29.4 Å². The van der Waals surface area contributed by atoms with Crippen molar-refractivity contribution >= 4 is 46.5 Å². The minimum absolute atomic E-state index is 0.0732. The van der Waals surface area contributed by atoms with E-state index < -0.39 is 11.9 Å². The standard InChI is InChI=1S/C26H26N4O6/c1-29(2)23(31)15-5-9-17(10-6-15)27-21-13-20(26(35)36)22(14-19(21)25(33)34)28-18-11-7-16(8-12-18)24(32)30(3)4/h5-14,27-28H,1-4H3,(H,33,34)(H,35,36). The Morgan fingerprint density at radius 3 is 1.14 bits per heavy atom. The van der Waals surface area contributed by atoms with Crippen LogP contribution in [0.3, 0.4) is 0 Å². The molecule has 186 valence electrons. The Balaban J connectivity index is 1.94. The summed E-state index contributed by atoms with van der Waals surface area (Å²) in [4.78, 5) is 51.0. The van der Waals surface area contributed by atoms with Crippen LogP contribution in [-0.4, -0.2) is 72.0 Å². The van der Waals surface area contributed by atoms with Gasteiger partial charge in [0.1, 0.15) is 0 Å². The monoisotopic (exact) mass is 490 g/mol. The van der Waals surface area contributed by atoms with Crippen LogP contribution in [0.25, 0.3) is 0 Å². The van der Waals surface area contributed by atoms with E-state index in [9.17, 15) is 29.4 Å². The van der Waals surface area contributed by atoms with Crippen LogP contribution in [0.15, 0.2) is 60.7 Å². The first kappa shape index (κ1) is 25.8. The van der Waals surface area contributed by atoms with Crippen molar-refractivity contribution in [3.8, 4) is 0 Å². The van der Waals surface area contributed by atoms with Crippen molar-refractivity contribution in [2.24, 2.45) is 0 Å². The molecule has 4 N–H and O–H groups in total. The average Bonchev–Trinajstić information content (AvgIpc) is 2.84. The van der Waals surface area contributed by atoms with Gasteiger partial charge in [0, 0.05) is 50.7 Å². The number of carboxylic acid groups (broad SMARTS) is 2. The smallest absolute Gasteiger partial charge is 0.337 e. The molecular formula is C26H26N4O6. The van der Waals surface area contributed by atoms with Crippen molar-refractivity contribution in [1.82, 2.24) is 9.80 Å². The van der Waals surface area contributed by atoms with E-state index >= 15 is 0 Å². The van der Waals surface area contributed by atoms with Gasteiger partial charge in [0.2, 0.25) is 0 Å². The third-order valence-corrected chi connectivity index (χ3v) is 5.25. The number of carboxylic acids is 2. The molecule has 0 radical (unpaired) electrons. The van der Waals surface area contributed by atoms with Gasteiger partial charge in [0.15, 0.2) is 0 Å². The highest BCUT2D eigenvalue weighted by molar-refractivity contribution is 6.03. The van der Waals surface area contributed by atoms with E-state index in [0.29, 0.717) is 22.5 Å². The maximum atomic E-state index is 12.1. The highest BCUT2D eigenvalue weighted by Gasteiger charge is 2.20. The van der Waals surface area contributed by atoms with Crippen LogP contribution in [-0.2, 0) is 0 Å². The molecule has 0 spiro atoms. The number of aromatic carboxylic acids is 2. The molecule has 36 heavy (non-hydrogen) atoms. The Morgan fingerprint density at radius 1 is 0.583 bits per heavy atom. The molecule has 0 saturated carbocycles. The largest absolute Gasteiger partial charge is 0.478 e. The van der Waals surface area contributed by atoms with E-state index in [2.05, 4.69) is 10.6 Å². The van der Waals surface area contributed by atoms with E-state index in [0.717, 1.165) is 0 Å². The van der Waals surface area contributed by atoms with Gasteiger partial charge in [-0.2, -0.15) is 0 Å². The fourth-order valence-electron chi connectivity index (χ4n) is 3.38. The summed E-state index contributed by atoms with van der Waals surface area (Å²) < 4.78 is 0. The Hall–Kier alpha value is -4.86. The van der Waals surface area contributed by atoms with Gasteiger partial charge in [-0.05, 0) is 60.7 Å². The Kier molecular flexibility index (Phi) is 7.58. The lowest BCUT2D eigenvalue weighted by Crippen LogP contribution is -2.21. The normalized spacial score (nSPS) is 10.3. The van der Waals surface area contributed by atoms with Gasteiger partial charge in [0.25, 0.3) is 11.8 Å². The number of hydrogen-bond donors (Lipinski definition) is 4. The Labute approximate surface area is 207 Å². The molecule has 0 aliphatic rings. The number of nitrogens with zero attached hydrogens (tertiary/aromatic N) is 2. The first-order chi connectivity index (χ1) is 17.0. The number of rotatable bonds is 8. The highest BCUT2D eigenvalue weighted by atomic mass is 16.4. The third kappa shape index (κ3) is 5.79. The van der Waals surface area contributed by atoms with Crippen LogP contribution >= 0.6 is 0 Å².